The van der Waals surface area contributed by atoms with Crippen molar-refractivity contribution in [3.8, 4) is 5.75 Å². The van der Waals surface area contributed by atoms with Crippen molar-refractivity contribution in [2.75, 3.05) is 4.90 Å². The predicted octanol–water partition coefficient (Wildman–Crippen LogP) is 6.95. The third kappa shape index (κ3) is 4.61. The van der Waals surface area contributed by atoms with Crippen LogP contribution in [0.25, 0.3) is 6.08 Å². The number of ether oxygens (including phenoxy) is 1. The van der Waals surface area contributed by atoms with Gasteiger partial charge in [-0.15, -0.1) is 0 Å². The van der Waals surface area contributed by atoms with Gasteiger partial charge in [0.05, 0.1) is 20.6 Å². The molecular formula is C23H14Cl2FNO3S. The van der Waals surface area contributed by atoms with Crippen LogP contribution in [-0.4, -0.2) is 11.1 Å². The number of halogens is 3. The highest BCUT2D eigenvalue weighted by Crippen LogP contribution is 2.38. The Morgan fingerprint density at radius 1 is 0.968 bits per heavy atom. The van der Waals surface area contributed by atoms with E-state index in [4.69, 9.17) is 27.9 Å². The van der Waals surface area contributed by atoms with Gasteiger partial charge < -0.3 is 4.74 Å². The highest BCUT2D eigenvalue weighted by atomic mass is 35.5. The first-order chi connectivity index (χ1) is 14.9. The highest BCUT2D eigenvalue weighted by Gasteiger charge is 2.36. The molecule has 1 aliphatic rings. The number of hydrogen-bond acceptors (Lipinski definition) is 4. The van der Waals surface area contributed by atoms with Crippen LogP contribution in [0.4, 0.5) is 14.9 Å². The number of para-hydroxylation sites is 1. The molecule has 1 aliphatic heterocycles. The van der Waals surface area contributed by atoms with Gasteiger partial charge in [0.15, 0.2) is 0 Å². The summed E-state index contributed by atoms with van der Waals surface area (Å²) in [4.78, 5) is 26.7. The first-order valence-corrected chi connectivity index (χ1v) is 10.7. The molecule has 31 heavy (non-hydrogen) atoms. The lowest BCUT2D eigenvalue weighted by molar-refractivity contribution is -0.113. The Labute approximate surface area is 192 Å². The normalized spacial score (nSPS) is 15.1. The molecule has 0 aliphatic carbocycles. The van der Waals surface area contributed by atoms with Gasteiger partial charge in [0.1, 0.15) is 18.2 Å². The molecule has 0 spiro atoms. The van der Waals surface area contributed by atoms with Gasteiger partial charge >= 0.3 is 0 Å². The molecule has 0 unspecified atom stereocenters. The Bertz CT molecular complexity index is 1210. The van der Waals surface area contributed by atoms with E-state index in [-0.39, 0.29) is 22.4 Å². The van der Waals surface area contributed by atoms with E-state index in [1.165, 1.54) is 18.2 Å². The lowest BCUT2D eigenvalue weighted by Gasteiger charge is -2.13. The highest BCUT2D eigenvalue weighted by molar-refractivity contribution is 8.19. The van der Waals surface area contributed by atoms with Gasteiger partial charge in [0.25, 0.3) is 11.1 Å². The van der Waals surface area contributed by atoms with E-state index in [0.717, 1.165) is 16.7 Å². The molecule has 156 valence electrons. The zero-order valence-electron chi connectivity index (χ0n) is 15.8. The Kier molecular flexibility index (Phi) is 6.32. The van der Waals surface area contributed by atoms with Crippen molar-refractivity contribution in [3.63, 3.8) is 0 Å². The lowest BCUT2D eigenvalue weighted by Crippen LogP contribution is -2.27. The summed E-state index contributed by atoms with van der Waals surface area (Å²) in [5.74, 6) is -0.368. The van der Waals surface area contributed by atoms with Crippen molar-refractivity contribution in [2.24, 2.45) is 0 Å². The SMILES string of the molecule is O=C1S/C(=C/c2ccccc2OCc2ccccc2F)C(=O)N1c1ccc(Cl)c(Cl)c1. The molecule has 0 aromatic heterocycles. The van der Waals surface area contributed by atoms with Crippen LogP contribution < -0.4 is 9.64 Å². The maximum atomic E-state index is 13.9. The number of benzene rings is 3. The summed E-state index contributed by atoms with van der Waals surface area (Å²) >= 11 is 12.8. The molecule has 0 atom stereocenters. The number of amides is 2. The minimum absolute atomic E-state index is 0.0300. The van der Waals surface area contributed by atoms with Crippen LogP contribution >= 0.6 is 35.0 Å². The molecule has 0 bridgehead atoms. The largest absolute Gasteiger partial charge is 0.488 e. The first-order valence-electron chi connectivity index (χ1n) is 9.12. The molecule has 4 rings (SSSR count). The third-order valence-electron chi connectivity index (χ3n) is 4.50. The maximum Gasteiger partial charge on any atom is 0.298 e. The van der Waals surface area contributed by atoms with Crippen molar-refractivity contribution in [2.45, 2.75) is 6.61 Å². The number of carbonyl (C=O) groups excluding carboxylic acids is 2. The van der Waals surface area contributed by atoms with Crippen molar-refractivity contribution in [1.29, 1.82) is 0 Å². The standard InChI is InChI=1S/C23H14Cl2FNO3S/c24-17-10-9-16(12-18(17)25)27-22(28)21(31-23(27)29)11-14-5-2-4-8-20(14)30-13-15-6-1-3-7-19(15)26/h1-12H,13H2/b21-11+. The number of carbonyl (C=O) groups is 2. The minimum atomic E-state index is -0.475. The second-order valence-corrected chi connectivity index (χ2v) is 8.34. The second kappa shape index (κ2) is 9.14. The van der Waals surface area contributed by atoms with Crippen molar-refractivity contribution < 1.29 is 18.7 Å². The van der Waals surface area contributed by atoms with Crippen LogP contribution in [0, 0.1) is 5.82 Å². The first kappa shape index (κ1) is 21.4. The van der Waals surface area contributed by atoms with Gasteiger partial charge in [-0.25, -0.2) is 9.29 Å². The van der Waals surface area contributed by atoms with E-state index < -0.39 is 11.1 Å². The van der Waals surface area contributed by atoms with Crippen LogP contribution in [0.15, 0.2) is 71.6 Å². The quantitative estimate of drug-likeness (QED) is 0.376. The van der Waals surface area contributed by atoms with E-state index in [0.29, 0.717) is 27.6 Å². The molecule has 1 fully saturated rings. The van der Waals surface area contributed by atoms with Crippen LogP contribution in [0.2, 0.25) is 10.0 Å². The van der Waals surface area contributed by atoms with E-state index in [9.17, 15) is 14.0 Å². The minimum Gasteiger partial charge on any atom is -0.488 e. The molecule has 1 heterocycles. The van der Waals surface area contributed by atoms with Crippen LogP contribution in [0.1, 0.15) is 11.1 Å². The lowest BCUT2D eigenvalue weighted by atomic mass is 10.1. The molecule has 4 nitrogen and oxygen atoms in total. The van der Waals surface area contributed by atoms with Gasteiger partial charge in [0, 0.05) is 11.1 Å². The monoisotopic (exact) mass is 473 g/mol. The third-order valence-corrected chi connectivity index (χ3v) is 6.11. The Hall–Kier alpha value is -2.80. The molecule has 3 aromatic rings. The molecule has 0 N–H and O–H groups in total. The van der Waals surface area contributed by atoms with Crippen molar-refractivity contribution in [1.82, 2.24) is 0 Å². The molecule has 0 radical (unpaired) electrons. The van der Waals surface area contributed by atoms with Gasteiger partial charge in [-0.1, -0.05) is 59.6 Å². The van der Waals surface area contributed by atoms with E-state index >= 15 is 0 Å². The molecule has 3 aromatic carbocycles. The van der Waals surface area contributed by atoms with Crippen LogP contribution in [-0.2, 0) is 11.4 Å². The Morgan fingerprint density at radius 3 is 2.48 bits per heavy atom. The summed E-state index contributed by atoms with van der Waals surface area (Å²) < 4.78 is 19.7. The Morgan fingerprint density at radius 2 is 1.71 bits per heavy atom. The van der Waals surface area contributed by atoms with Gasteiger partial charge in [-0.05, 0) is 48.2 Å². The van der Waals surface area contributed by atoms with Crippen molar-refractivity contribution in [3.05, 3.63) is 98.6 Å². The predicted molar refractivity (Wildman–Crippen MR) is 122 cm³/mol. The number of hydrogen-bond donors (Lipinski definition) is 0. The zero-order chi connectivity index (χ0) is 22.0. The van der Waals surface area contributed by atoms with E-state index in [1.54, 1.807) is 54.6 Å². The number of imide groups is 1. The number of rotatable bonds is 5. The van der Waals surface area contributed by atoms with Crippen LogP contribution in [0.5, 0.6) is 5.75 Å². The van der Waals surface area contributed by atoms with E-state index in [1.807, 2.05) is 0 Å². The maximum absolute atomic E-state index is 13.9. The van der Waals surface area contributed by atoms with Gasteiger partial charge in [-0.3, -0.25) is 9.59 Å². The summed E-state index contributed by atoms with van der Waals surface area (Å²) in [7, 11) is 0. The van der Waals surface area contributed by atoms with E-state index in [2.05, 4.69) is 0 Å². The molecular weight excluding hydrogens is 460 g/mol. The summed E-state index contributed by atoms with van der Waals surface area (Å²) in [5, 5.41) is 0.127. The summed E-state index contributed by atoms with van der Waals surface area (Å²) in [6.07, 6.45) is 1.58. The molecule has 1 saturated heterocycles. The van der Waals surface area contributed by atoms with Crippen molar-refractivity contribution >= 4 is 57.9 Å². The fraction of sp³-hybridized carbons (Fsp3) is 0.0435. The second-order valence-electron chi connectivity index (χ2n) is 6.53. The average Bonchev–Trinajstić information content (AvgIpc) is 3.03. The summed E-state index contributed by atoms with van der Waals surface area (Å²) in [6, 6.07) is 17.9. The fourth-order valence-electron chi connectivity index (χ4n) is 2.96. The smallest absolute Gasteiger partial charge is 0.298 e. The van der Waals surface area contributed by atoms with Crippen LogP contribution in [0.3, 0.4) is 0 Å². The zero-order valence-corrected chi connectivity index (χ0v) is 18.2. The molecule has 2 amide bonds. The topological polar surface area (TPSA) is 46.6 Å². The molecule has 8 heteroatoms. The summed E-state index contributed by atoms with van der Waals surface area (Å²) in [5.41, 5.74) is 1.35. The molecule has 0 saturated carbocycles. The fourth-order valence-corrected chi connectivity index (χ4v) is 4.08. The Balaban J connectivity index is 1.59. The van der Waals surface area contributed by atoms with Gasteiger partial charge in [-0.2, -0.15) is 0 Å². The number of nitrogens with zero attached hydrogens (tertiary/aromatic N) is 1. The number of anilines is 1. The van der Waals surface area contributed by atoms with Gasteiger partial charge in [0.2, 0.25) is 0 Å². The average molecular weight is 474 g/mol. The number of thioether (sulfide) groups is 1. The summed E-state index contributed by atoms with van der Waals surface area (Å²) in [6.45, 7) is 0.0300.